The number of aromatic nitrogens is 1. The van der Waals surface area contributed by atoms with Crippen LogP contribution < -0.4 is 5.32 Å². The SMILES string of the molecule is CNC(=O)c1cnc(/C=C/c2ccc(F)c(F)c2)s1. The number of benzene rings is 1. The molecule has 1 aromatic carbocycles. The first-order chi connectivity index (χ1) is 9.10. The molecular weight excluding hydrogens is 270 g/mol. The van der Waals surface area contributed by atoms with Crippen molar-refractivity contribution < 1.29 is 13.6 Å². The van der Waals surface area contributed by atoms with Crippen LogP contribution in [0.4, 0.5) is 8.78 Å². The minimum absolute atomic E-state index is 0.204. The normalized spacial score (nSPS) is 10.9. The van der Waals surface area contributed by atoms with Gasteiger partial charge >= 0.3 is 0 Å². The van der Waals surface area contributed by atoms with Gasteiger partial charge < -0.3 is 5.32 Å². The number of nitrogens with one attached hydrogen (secondary N) is 1. The Morgan fingerprint density at radius 1 is 1.32 bits per heavy atom. The van der Waals surface area contributed by atoms with Crippen LogP contribution in [0.1, 0.15) is 20.2 Å². The quantitative estimate of drug-likeness (QED) is 0.939. The van der Waals surface area contributed by atoms with Crippen LogP contribution in [0.15, 0.2) is 24.4 Å². The van der Waals surface area contributed by atoms with E-state index < -0.39 is 11.6 Å². The summed E-state index contributed by atoms with van der Waals surface area (Å²) >= 11 is 1.21. The monoisotopic (exact) mass is 280 g/mol. The zero-order valence-electron chi connectivity index (χ0n) is 9.98. The number of nitrogens with zero attached hydrogens (tertiary/aromatic N) is 1. The van der Waals surface area contributed by atoms with Gasteiger partial charge in [0.05, 0.1) is 6.20 Å². The fraction of sp³-hybridized carbons (Fsp3) is 0.0769. The molecule has 0 saturated heterocycles. The topological polar surface area (TPSA) is 42.0 Å². The molecule has 0 bridgehead atoms. The summed E-state index contributed by atoms with van der Waals surface area (Å²) in [4.78, 5) is 15.9. The Hall–Kier alpha value is -2.08. The summed E-state index contributed by atoms with van der Waals surface area (Å²) in [5.41, 5.74) is 0.524. The largest absolute Gasteiger partial charge is 0.354 e. The summed E-state index contributed by atoms with van der Waals surface area (Å²) < 4.78 is 25.7. The minimum Gasteiger partial charge on any atom is -0.354 e. The molecule has 0 saturated carbocycles. The van der Waals surface area contributed by atoms with E-state index in [1.54, 1.807) is 19.2 Å². The van der Waals surface area contributed by atoms with E-state index in [1.807, 2.05) is 0 Å². The smallest absolute Gasteiger partial charge is 0.262 e. The van der Waals surface area contributed by atoms with Crippen LogP contribution >= 0.6 is 11.3 Å². The third-order valence-electron chi connectivity index (χ3n) is 2.34. The highest BCUT2D eigenvalue weighted by Gasteiger charge is 2.06. The van der Waals surface area contributed by atoms with Crippen molar-refractivity contribution in [1.29, 1.82) is 0 Å². The van der Waals surface area contributed by atoms with Gasteiger partial charge in [-0.15, -0.1) is 11.3 Å². The van der Waals surface area contributed by atoms with Gasteiger partial charge in [0.15, 0.2) is 11.6 Å². The average Bonchev–Trinajstić information content (AvgIpc) is 2.88. The molecule has 3 nitrogen and oxygen atoms in total. The van der Waals surface area contributed by atoms with Crippen molar-refractivity contribution in [1.82, 2.24) is 10.3 Å². The standard InChI is InChI=1S/C13H10F2N2OS/c1-16-13(18)11-7-17-12(19-11)5-3-8-2-4-9(14)10(15)6-8/h2-7H,1H3,(H,16,18)/b5-3+. The summed E-state index contributed by atoms with van der Waals surface area (Å²) in [5.74, 6) is -1.98. The second-order valence-corrected chi connectivity index (χ2v) is 4.71. The molecule has 0 spiro atoms. The van der Waals surface area contributed by atoms with Crippen LogP contribution in [0.2, 0.25) is 0 Å². The van der Waals surface area contributed by atoms with Crippen LogP contribution in [-0.2, 0) is 0 Å². The lowest BCUT2D eigenvalue weighted by Gasteiger charge is -1.94. The molecule has 19 heavy (non-hydrogen) atoms. The number of halogens is 2. The van der Waals surface area contributed by atoms with E-state index in [2.05, 4.69) is 10.3 Å². The molecule has 0 aliphatic heterocycles. The fourth-order valence-corrected chi connectivity index (χ4v) is 2.14. The maximum atomic E-state index is 13.0. The van der Waals surface area contributed by atoms with Gasteiger partial charge in [0.25, 0.3) is 5.91 Å². The average molecular weight is 280 g/mol. The number of hydrogen-bond donors (Lipinski definition) is 1. The third-order valence-corrected chi connectivity index (χ3v) is 3.30. The number of thiazole rings is 1. The van der Waals surface area contributed by atoms with Crippen LogP contribution in [-0.4, -0.2) is 17.9 Å². The first-order valence-electron chi connectivity index (χ1n) is 5.41. The third kappa shape index (κ3) is 3.23. The Bertz CT molecular complexity index is 637. The van der Waals surface area contributed by atoms with Crippen molar-refractivity contribution in [3.05, 3.63) is 51.5 Å². The Balaban J connectivity index is 2.16. The molecule has 1 heterocycles. The van der Waals surface area contributed by atoms with E-state index in [4.69, 9.17) is 0 Å². The lowest BCUT2D eigenvalue weighted by molar-refractivity contribution is 0.0967. The minimum atomic E-state index is -0.896. The highest BCUT2D eigenvalue weighted by molar-refractivity contribution is 7.14. The molecule has 1 amide bonds. The molecule has 98 valence electrons. The molecule has 0 radical (unpaired) electrons. The number of carbonyl (C=O) groups is 1. The van der Waals surface area contributed by atoms with Gasteiger partial charge in [0, 0.05) is 7.05 Å². The second-order valence-electron chi connectivity index (χ2n) is 3.65. The van der Waals surface area contributed by atoms with E-state index in [0.29, 0.717) is 15.4 Å². The van der Waals surface area contributed by atoms with Crippen molar-refractivity contribution in [3.8, 4) is 0 Å². The number of carbonyl (C=O) groups excluding carboxylic acids is 1. The second kappa shape index (κ2) is 5.71. The molecule has 1 N–H and O–H groups in total. The van der Waals surface area contributed by atoms with E-state index in [1.165, 1.54) is 23.6 Å². The van der Waals surface area contributed by atoms with E-state index >= 15 is 0 Å². The van der Waals surface area contributed by atoms with E-state index in [-0.39, 0.29) is 5.91 Å². The lowest BCUT2D eigenvalue weighted by Crippen LogP contribution is -2.16. The molecule has 0 unspecified atom stereocenters. The molecule has 2 rings (SSSR count). The Morgan fingerprint density at radius 3 is 2.79 bits per heavy atom. The lowest BCUT2D eigenvalue weighted by atomic mass is 10.2. The molecule has 0 fully saturated rings. The van der Waals surface area contributed by atoms with Gasteiger partial charge in [-0.05, 0) is 23.8 Å². The van der Waals surface area contributed by atoms with Crippen molar-refractivity contribution in [2.24, 2.45) is 0 Å². The molecule has 0 aliphatic rings. The highest BCUT2D eigenvalue weighted by atomic mass is 32.1. The Morgan fingerprint density at radius 2 is 2.11 bits per heavy atom. The number of amides is 1. The maximum absolute atomic E-state index is 13.0. The van der Waals surface area contributed by atoms with E-state index in [0.717, 1.165) is 12.1 Å². The van der Waals surface area contributed by atoms with Crippen molar-refractivity contribution in [2.75, 3.05) is 7.05 Å². The maximum Gasteiger partial charge on any atom is 0.262 e. The van der Waals surface area contributed by atoms with Gasteiger partial charge in [-0.3, -0.25) is 4.79 Å². The highest BCUT2D eigenvalue weighted by Crippen LogP contribution is 2.17. The van der Waals surface area contributed by atoms with Gasteiger partial charge in [-0.1, -0.05) is 12.1 Å². The van der Waals surface area contributed by atoms with Gasteiger partial charge in [-0.2, -0.15) is 0 Å². The van der Waals surface area contributed by atoms with Crippen LogP contribution in [0.25, 0.3) is 12.2 Å². The van der Waals surface area contributed by atoms with Crippen LogP contribution in [0, 0.1) is 11.6 Å². The predicted molar refractivity (Wildman–Crippen MR) is 70.8 cm³/mol. The Kier molecular flexibility index (Phi) is 4.01. The molecule has 1 aromatic heterocycles. The summed E-state index contributed by atoms with van der Waals surface area (Å²) in [6.45, 7) is 0. The molecule has 0 aliphatic carbocycles. The molecule has 2 aromatic rings. The van der Waals surface area contributed by atoms with Crippen molar-refractivity contribution >= 4 is 29.4 Å². The zero-order valence-corrected chi connectivity index (χ0v) is 10.8. The van der Waals surface area contributed by atoms with Gasteiger partial charge in [0.2, 0.25) is 0 Å². The number of hydrogen-bond acceptors (Lipinski definition) is 3. The zero-order chi connectivity index (χ0) is 13.8. The van der Waals surface area contributed by atoms with Crippen LogP contribution in [0.5, 0.6) is 0 Å². The van der Waals surface area contributed by atoms with Crippen molar-refractivity contribution in [3.63, 3.8) is 0 Å². The molecule has 6 heteroatoms. The van der Waals surface area contributed by atoms with Crippen molar-refractivity contribution in [2.45, 2.75) is 0 Å². The first-order valence-corrected chi connectivity index (χ1v) is 6.23. The summed E-state index contributed by atoms with van der Waals surface area (Å²) in [5, 5.41) is 3.11. The summed E-state index contributed by atoms with van der Waals surface area (Å²) in [7, 11) is 1.54. The van der Waals surface area contributed by atoms with Gasteiger partial charge in [-0.25, -0.2) is 13.8 Å². The predicted octanol–water partition coefficient (Wildman–Crippen LogP) is 2.95. The molecular formula is C13H10F2N2OS. The van der Waals surface area contributed by atoms with E-state index in [9.17, 15) is 13.6 Å². The molecule has 0 atom stereocenters. The van der Waals surface area contributed by atoms with Crippen LogP contribution in [0.3, 0.4) is 0 Å². The number of rotatable bonds is 3. The Labute approximate surface area is 112 Å². The summed E-state index contributed by atoms with van der Waals surface area (Å²) in [6.07, 6.45) is 4.72. The summed E-state index contributed by atoms with van der Waals surface area (Å²) in [6, 6.07) is 3.62. The first kappa shape index (κ1) is 13.4. The van der Waals surface area contributed by atoms with Gasteiger partial charge in [0.1, 0.15) is 9.88 Å². The fourth-order valence-electron chi connectivity index (χ4n) is 1.38.